The molecule has 6 saturated heterocycles. The van der Waals surface area contributed by atoms with Gasteiger partial charge in [-0.1, -0.05) is 123 Å². The van der Waals surface area contributed by atoms with E-state index in [0.717, 1.165) is 110 Å². The monoisotopic (exact) mass is 1110 g/mol. The Balaban J connectivity index is 0.000000288. The molecule has 13 heteroatoms. The molecular formula is C58H86Br2N2O9. The van der Waals surface area contributed by atoms with Crippen LogP contribution in [0.4, 0.5) is 0 Å². The van der Waals surface area contributed by atoms with Crippen LogP contribution in [-0.4, -0.2) is 127 Å². The minimum absolute atomic E-state index is 0. The molecule has 4 bridgehead atoms. The minimum atomic E-state index is -0.863. The van der Waals surface area contributed by atoms with Crippen molar-refractivity contribution in [2.75, 3.05) is 78.8 Å². The summed E-state index contributed by atoms with van der Waals surface area (Å²) >= 11 is 0. The normalized spacial score (nSPS) is 27.1. The maximum absolute atomic E-state index is 11.9. The zero-order valence-corrected chi connectivity index (χ0v) is 45.2. The summed E-state index contributed by atoms with van der Waals surface area (Å²) in [5.41, 5.74) is 0.330. The number of piperidine rings is 6. The van der Waals surface area contributed by atoms with E-state index in [1.807, 2.05) is 97.1 Å². The van der Waals surface area contributed by atoms with Gasteiger partial charge in [-0.2, -0.15) is 0 Å². The SMILES string of the molecule is O.O.O.O[C@@](CO[C@H]1C[N+]2(CCCOc3ccccc3)CCC1CC2)(c1ccccc1)C1CCCC1.O[C@@](CO[C@H]1C[N+]2(CCCOc3ccccc3)CCC1CC2)(c1ccccc1)C1CCCC1.[Br-].[Br-]. The van der Waals surface area contributed by atoms with Gasteiger partial charge in [-0.05, 0) is 72.9 Å². The molecule has 0 spiro atoms. The first kappa shape index (κ1) is 60.6. The first-order chi connectivity index (χ1) is 32.3. The van der Waals surface area contributed by atoms with Crippen LogP contribution in [0.15, 0.2) is 121 Å². The first-order valence-electron chi connectivity index (χ1n) is 26.2. The van der Waals surface area contributed by atoms with Gasteiger partial charge in [-0.25, -0.2) is 0 Å². The number of halogens is 2. The smallest absolute Gasteiger partial charge is 0.119 e. The maximum Gasteiger partial charge on any atom is 0.119 e. The average molecular weight is 1120 g/mol. The van der Waals surface area contributed by atoms with Crippen molar-refractivity contribution in [1.82, 2.24) is 0 Å². The quantitative estimate of drug-likeness (QED) is 0.101. The molecule has 71 heavy (non-hydrogen) atoms. The Labute approximate surface area is 445 Å². The fraction of sp³-hybridized carbons (Fsp3) is 0.586. The van der Waals surface area contributed by atoms with Gasteiger partial charge in [-0.15, -0.1) is 0 Å². The van der Waals surface area contributed by atoms with Gasteiger partial charge in [0, 0.05) is 50.4 Å². The molecule has 396 valence electrons. The van der Waals surface area contributed by atoms with Gasteiger partial charge in [0.1, 0.15) is 48.0 Å². The van der Waals surface area contributed by atoms with Crippen molar-refractivity contribution in [2.24, 2.45) is 23.7 Å². The Bertz CT molecular complexity index is 1890. The third-order valence-corrected chi connectivity index (χ3v) is 17.3. The molecule has 0 amide bonds. The van der Waals surface area contributed by atoms with Crippen molar-refractivity contribution in [3.05, 3.63) is 132 Å². The first-order valence-corrected chi connectivity index (χ1v) is 26.2. The molecule has 11 nitrogen and oxygen atoms in total. The van der Waals surface area contributed by atoms with E-state index in [4.69, 9.17) is 18.9 Å². The Morgan fingerprint density at radius 3 is 1.07 bits per heavy atom. The van der Waals surface area contributed by atoms with Crippen LogP contribution >= 0.6 is 0 Å². The molecule has 8 fully saturated rings. The van der Waals surface area contributed by atoms with Crippen molar-refractivity contribution in [3.8, 4) is 11.5 Å². The lowest BCUT2D eigenvalue weighted by Crippen LogP contribution is -3.00. The lowest BCUT2D eigenvalue weighted by atomic mass is 9.80. The van der Waals surface area contributed by atoms with E-state index < -0.39 is 11.2 Å². The van der Waals surface area contributed by atoms with Crippen molar-refractivity contribution < 1.29 is 88.5 Å². The molecule has 2 saturated carbocycles. The zero-order valence-electron chi connectivity index (χ0n) is 42.1. The van der Waals surface area contributed by atoms with E-state index in [-0.39, 0.29) is 62.6 Å². The zero-order chi connectivity index (χ0) is 45.1. The summed E-state index contributed by atoms with van der Waals surface area (Å²) in [4.78, 5) is 0. The highest BCUT2D eigenvalue weighted by Crippen LogP contribution is 2.44. The van der Waals surface area contributed by atoms with E-state index in [0.29, 0.717) is 36.9 Å². The second-order valence-corrected chi connectivity index (χ2v) is 21.3. The van der Waals surface area contributed by atoms with E-state index in [9.17, 15) is 10.2 Å². The number of fused-ring (bicyclic) bond motifs is 6. The third-order valence-electron chi connectivity index (χ3n) is 17.3. The van der Waals surface area contributed by atoms with Gasteiger partial charge in [0.05, 0.1) is 65.7 Å². The van der Waals surface area contributed by atoms with Crippen LogP contribution in [0.5, 0.6) is 11.5 Å². The largest absolute Gasteiger partial charge is 1.00 e. The van der Waals surface area contributed by atoms with Gasteiger partial charge in [-0.3, -0.25) is 0 Å². The molecule has 8 aliphatic rings. The predicted octanol–water partition coefficient (Wildman–Crippen LogP) is 1.85. The number of quaternary nitrogens is 2. The molecular weight excluding hydrogens is 1030 g/mol. The van der Waals surface area contributed by atoms with Crippen LogP contribution in [-0.2, 0) is 20.7 Å². The summed E-state index contributed by atoms with van der Waals surface area (Å²) in [5, 5.41) is 23.8. The predicted molar refractivity (Wildman–Crippen MR) is 273 cm³/mol. The topological polar surface area (TPSA) is 172 Å². The van der Waals surface area contributed by atoms with E-state index in [1.54, 1.807) is 0 Å². The maximum atomic E-state index is 11.9. The van der Waals surface area contributed by atoms with E-state index in [2.05, 4.69) is 24.3 Å². The lowest BCUT2D eigenvalue weighted by molar-refractivity contribution is -0.946. The number of benzene rings is 4. The van der Waals surface area contributed by atoms with Crippen LogP contribution in [0, 0.1) is 23.7 Å². The van der Waals surface area contributed by atoms with Crippen molar-refractivity contribution in [3.63, 3.8) is 0 Å². The van der Waals surface area contributed by atoms with Crippen LogP contribution in [0.25, 0.3) is 0 Å². The Morgan fingerprint density at radius 1 is 0.437 bits per heavy atom. The fourth-order valence-corrected chi connectivity index (χ4v) is 13.3. The van der Waals surface area contributed by atoms with Crippen molar-refractivity contribution >= 4 is 0 Å². The van der Waals surface area contributed by atoms with Gasteiger partial charge < -0.3 is 88.5 Å². The van der Waals surface area contributed by atoms with Crippen molar-refractivity contribution in [2.45, 2.75) is 113 Å². The number of para-hydroxylation sites is 2. The molecule has 0 aromatic heterocycles. The van der Waals surface area contributed by atoms with E-state index >= 15 is 0 Å². The average Bonchev–Trinajstić information content (AvgIpc) is 4.15. The summed E-state index contributed by atoms with van der Waals surface area (Å²) in [7, 11) is 0. The summed E-state index contributed by atoms with van der Waals surface area (Å²) in [5.74, 6) is 3.83. The number of ether oxygens (including phenoxy) is 4. The Morgan fingerprint density at radius 2 is 0.746 bits per heavy atom. The van der Waals surface area contributed by atoms with Gasteiger partial charge >= 0.3 is 0 Å². The van der Waals surface area contributed by atoms with E-state index in [1.165, 1.54) is 77.5 Å². The van der Waals surface area contributed by atoms with Gasteiger partial charge in [0.15, 0.2) is 0 Å². The molecule has 6 heterocycles. The minimum Gasteiger partial charge on any atom is -1.00 e. The summed E-state index contributed by atoms with van der Waals surface area (Å²) in [6.07, 6.45) is 16.9. The molecule has 2 aliphatic carbocycles. The highest BCUT2D eigenvalue weighted by molar-refractivity contribution is 5.26. The molecule has 0 unspecified atom stereocenters. The number of hydrogen-bond acceptors (Lipinski definition) is 6. The van der Waals surface area contributed by atoms with Crippen LogP contribution < -0.4 is 43.4 Å². The molecule has 4 aromatic carbocycles. The lowest BCUT2D eigenvalue weighted by Gasteiger charge is -2.53. The molecule has 8 N–H and O–H groups in total. The number of nitrogens with zero attached hydrogens (tertiary/aromatic N) is 2. The van der Waals surface area contributed by atoms with Crippen LogP contribution in [0.3, 0.4) is 0 Å². The molecule has 12 rings (SSSR count). The molecule has 6 aliphatic heterocycles. The van der Waals surface area contributed by atoms with Crippen molar-refractivity contribution in [1.29, 1.82) is 0 Å². The van der Waals surface area contributed by atoms with Crippen LogP contribution in [0.1, 0.15) is 101 Å². The summed E-state index contributed by atoms with van der Waals surface area (Å²) in [6, 6.07) is 40.8. The Kier molecular flexibility index (Phi) is 24.5. The number of aliphatic hydroxyl groups is 2. The number of rotatable bonds is 20. The highest BCUT2D eigenvalue weighted by atomic mass is 79.9. The van der Waals surface area contributed by atoms with Gasteiger partial charge in [0.25, 0.3) is 0 Å². The second kappa shape index (κ2) is 28.7. The second-order valence-electron chi connectivity index (χ2n) is 21.3. The molecule has 4 atom stereocenters. The Hall–Kier alpha value is -2.92. The van der Waals surface area contributed by atoms with Crippen LogP contribution in [0.2, 0.25) is 0 Å². The summed E-state index contributed by atoms with van der Waals surface area (Å²) in [6.45, 7) is 12.0. The third kappa shape index (κ3) is 15.1. The molecule has 4 aromatic rings. The summed E-state index contributed by atoms with van der Waals surface area (Å²) < 4.78 is 27.5. The standard InChI is InChI=1S/2C29H40NO3.2BrH.3H2O/c2*31-29(26-12-7-8-13-26,25-10-3-1-4-11-25)23-33-28-22-30(19-16-24(28)17-20-30)18-9-21-32-27-14-5-2-6-15-27;;;;;/h2*1-6,10-11,14-15,24,26,28,31H,7-9,12-13,16-23H2;2*1H;3*1H2/q2*+1;;;;;/p-2/t2*24?,28-,29-,30?;;;;;/m00...../s1. The highest BCUT2D eigenvalue weighted by Gasteiger charge is 2.50. The number of hydrogen-bond donors (Lipinski definition) is 2. The fourth-order valence-electron chi connectivity index (χ4n) is 13.3. The van der Waals surface area contributed by atoms with Gasteiger partial charge in [0.2, 0.25) is 0 Å². The molecule has 0 radical (unpaired) electrons.